The van der Waals surface area contributed by atoms with Crippen LogP contribution in [0.15, 0.2) is 30.3 Å². The van der Waals surface area contributed by atoms with Gasteiger partial charge in [0.05, 0.1) is 0 Å². The lowest BCUT2D eigenvalue weighted by Gasteiger charge is -2.33. The Kier molecular flexibility index (Phi) is 2.69. The highest BCUT2D eigenvalue weighted by Crippen LogP contribution is 2.47. The summed E-state index contributed by atoms with van der Waals surface area (Å²) >= 11 is 0. The first-order valence-corrected chi connectivity index (χ1v) is 7.71. The predicted octanol–water partition coefficient (Wildman–Crippen LogP) is 3.66. The van der Waals surface area contributed by atoms with E-state index in [-0.39, 0.29) is 0 Å². The van der Waals surface area contributed by atoms with Crippen molar-refractivity contribution in [1.29, 1.82) is 0 Å². The van der Waals surface area contributed by atoms with Gasteiger partial charge in [0.2, 0.25) is 0 Å². The predicted molar refractivity (Wildman–Crippen MR) is 74.6 cm³/mol. The molecule has 0 aromatic heterocycles. The van der Waals surface area contributed by atoms with E-state index >= 15 is 0 Å². The lowest BCUT2D eigenvalue weighted by atomic mass is 9.71. The fourth-order valence-corrected chi connectivity index (χ4v) is 4.36. The van der Waals surface area contributed by atoms with Crippen LogP contribution < -0.4 is 0 Å². The number of fused-ring (bicyclic) bond motifs is 1. The van der Waals surface area contributed by atoms with E-state index in [0.29, 0.717) is 0 Å². The lowest BCUT2D eigenvalue weighted by Crippen LogP contribution is -2.26. The van der Waals surface area contributed by atoms with Crippen molar-refractivity contribution in [3.8, 4) is 0 Å². The summed E-state index contributed by atoms with van der Waals surface area (Å²) in [6, 6.07) is 12.3. The molecular weight excluding hydrogens is 218 g/mol. The molecule has 1 aromatic carbocycles. The zero-order valence-electron chi connectivity index (χ0n) is 11.1. The van der Waals surface area contributed by atoms with E-state index in [9.17, 15) is 0 Å². The Hall–Kier alpha value is -0.820. The van der Waals surface area contributed by atoms with Gasteiger partial charge in [-0.15, -0.1) is 0 Å². The molecule has 1 heterocycles. The average Bonchev–Trinajstić information content (AvgIpc) is 3.18. The molecule has 0 spiro atoms. The fourth-order valence-electron chi connectivity index (χ4n) is 4.36. The summed E-state index contributed by atoms with van der Waals surface area (Å²) < 4.78 is 0. The van der Waals surface area contributed by atoms with E-state index in [1.165, 1.54) is 45.2 Å². The quantitative estimate of drug-likeness (QED) is 0.763. The van der Waals surface area contributed by atoms with Crippen molar-refractivity contribution >= 4 is 0 Å². The standard InChI is InChI=1S/C17H23N/c1-2-5-13(6-3-1)16-8-4-7-14-11-18(12-17(14)16)15-9-10-15/h1-3,5-6,14-17H,4,7-12H2/t14-,16-,17-/m1/s1. The molecule has 2 aliphatic carbocycles. The van der Waals surface area contributed by atoms with E-state index in [4.69, 9.17) is 0 Å². The molecule has 1 heteroatoms. The molecule has 1 nitrogen and oxygen atoms in total. The van der Waals surface area contributed by atoms with Crippen LogP contribution in [0.25, 0.3) is 0 Å². The van der Waals surface area contributed by atoms with Crippen molar-refractivity contribution in [2.24, 2.45) is 11.8 Å². The minimum atomic E-state index is 0.841. The van der Waals surface area contributed by atoms with Gasteiger partial charge in [-0.05, 0) is 49.0 Å². The molecule has 1 saturated heterocycles. The third-order valence-corrected chi connectivity index (χ3v) is 5.42. The zero-order chi connectivity index (χ0) is 11.9. The van der Waals surface area contributed by atoms with Crippen molar-refractivity contribution in [1.82, 2.24) is 4.90 Å². The van der Waals surface area contributed by atoms with Crippen LogP contribution >= 0.6 is 0 Å². The SMILES string of the molecule is c1ccc([C@H]2CCC[C@@H]3CN(C4CC4)C[C@H]32)cc1. The van der Waals surface area contributed by atoms with Gasteiger partial charge in [0, 0.05) is 19.1 Å². The van der Waals surface area contributed by atoms with Gasteiger partial charge >= 0.3 is 0 Å². The molecule has 0 amide bonds. The molecule has 4 rings (SSSR count). The Morgan fingerprint density at radius 1 is 0.889 bits per heavy atom. The van der Waals surface area contributed by atoms with Gasteiger partial charge in [0.1, 0.15) is 0 Å². The van der Waals surface area contributed by atoms with Gasteiger partial charge in [-0.3, -0.25) is 4.90 Å². The van der Waals surface area contributed by atoms with Gasteiger partial charge in [-0.1, -0.05) is 36.8 Å². The molecule has 3 aliphatic rings. The molecular formula is C17H23N. The van der Waals surface area contributed by atoms with E-state index in [1.807, 2.05) is 0 Å². The van der Waals surface area contributed by atoms with Crippen LogP contribution in [-0.2, 0) is 0 Å². The van der Waals surface area contributed by atoms with Crippen molar-refractivity contribution < 1.29 is 0 Å². The van der Waals surface area contributed by atoms with Crippen molar-refractivity contribution in [3.63, 3.8) is 0 Å². The second-order valence-electron chi connectivity index (χ2n) is 6.56. The first-order chi connectivity index (χ1) is 8.92. The Labute approximate surface area is 110 Å². The second-order valence-corrected chi connectivity index (χ2v) is 6.56. The third-order valence-electron chi connectivity index (χ3n) is 5.42. The molecule has 2 saturated carbocycles. The number of rotatable bonds is 2. The Bertz CT molecular complexity index is 409. The van der Waals surface area contributed by atoms with Gasteiger partial charge in [0.15, 0.2) is 0 Å². The average molecular weight is 241 g/mol. The van der Waals surface area contributed by atoms with Crippen LogP contribution in [0.1, 0.15) is 43.6 Å². The summed E-state index contributed by atoms with van der Waals surface area (Å²) in [7, 11) is 0. The van der Waals surface area contributed by atoms with E-state index in [2.05, 4.69) is 35.2 Å². The zero-order valence-corrected chi connectivity index (χ0v) is 11.1. The van der Waals surface area contributed by atoms with Crippen LogP contribution in [0.3, 0.4) is 0 Å². The van der Waals surface area contributed by atoms with Gasteiger partial charge in [-0.2, -0.15) is 0 Å². The molecule has 3 fully saturated rings. The highest BCUT2D eigenvalue weighted by molar-refractivity contribution is 5.22. The maximum Gasteiger partial charge on any atom is 0.00966 e. The highest BCUT2D eigenvalue weighted by atomic mass is 15.2. The van der Waals surface area contributed by atoms with Crippen LogP contribution in [-0.4, -0.2) is 24.0 Å². The van der Waals surface area contributed by atoms with Gasteiger partial charge < -0.3 is 0 Å². The maximum atomic E-state index is 2.80. The molecule has 0 radical (unpaired) electrons. The summed E-state index contributed by atoms with van der Waals surface area (Å²) in [5.41, 5.74) is 1.60. The smallest absolute Gasteiger partial charge is 0.00966 e. The minimum absolute atomic E-state index is 0.841. The molecule has 18 heavy (non-hydrogen) atoms. The molecule has 1 aliphatic heterocycles. The largest absolute Gasteiger partial charge is 0.300 e. The van der Waals surface area contributed by atoms with E-state index in [0.717, 1.165) is 23.8 Å². The Morgan fingerprint density at radius 3 is 2.50 bits per heavy atom. The summed E-state index contributed by atoms with van der Waals surface area (Å²) in [5, 5.41) is 0. The van der Waals surface area contributed by atoms with Crippen molar-refractivity contribution in [2.75, 3.05) is 13.1 Å². The van der Waals surface area contributed by atoms with Crippen LogP contribution in [0.5, 0.6) is 0 Å². The Balaban J connectivity index is 1.56. The molecule has 96 valence electrons. The number of nitrogens with zero attached hydrogens (tertiary/aromatic N) is 1. The lowest BCUT2D eigenvalue weighted by molar-refractivity contribution is 0.257. The first kappa shape index (κ1) is 11.0. The van der Waals surface area contributed by atoms with Crippen LogP contribution in [0.2, 0.25) is 0 Å². The van der Waals surface area contributed by atoms with Crippen molar-refractivity contribution in [2.45, 2.75) is 44.1 Å². The van der Waals surface area contributed by atoms with Gasteiger partial charge in [-0.25, -0.2) is 0 Å². The maximum absolute atomic E-state index is 2.80. The monoisotopic (exact) mass is 241 g/mol. The number of hydrogen-bond acceptors (Lipinski definition) is 1. The fraction of sp³-hybridized carbons (Fsp3) is 0.647. The summed E-state index contributed by atoms with van der Waals surface area (Å²) in [4.78, 5) is 2.80. The number of hydrogen-bond donors (Lipinski definition) is 0. The van der Waals surface area contributed by atoms with E-state index < -0.39 is 0 Å². The molecule has 0 N–H and O–H groups in total. The van der Waals surface area contributed by atoms with Crippen LogP contribution in [0, 0.1) is 11.8 Å². The summed E-state index contributed by atoms with van der Waals surface area (Å²) in [5.74, 6) is 2.78. The molecule has 1 aromatic rings. The number of benzene rings is 1. The Morgan fingerprint density at radius 2 is 1.72 bits per heavy atom. The second kappa shape index (κ2) is 4.38. The summed E-state index contributed by atoms with van der Waals surface area (Å²) in [6.45, 7) is 2.79. The normalized spacial score (nSPS) is 36.6. The highest BCUT2D eigenvalue weighted by Gasteiger charge is 2.44. The summed E-state index contributed by atoms with van der Waals surface area (Å²) in [6.07, 6.45) is 7.28. The minimum Gasteiger partial charge on any atom is -0.300 e. The molecule has 0 unspecified atom stereocenters. The molecule has 3 atom stereocenters. The van der Waals surface area contributed by atoms with Gasteiger partial charge in [0.25, 0.3) is 0 Å². The van der Waals surface area contributed by atoms with Crippen molar-refractivity contribution in [3.05, 3.63) is 35.9 Å². The van der Waals surface area contributed by atoms with Crippen LogP contribution in [0.4, 0.5) is 0 Å². The molecule has 0 bridgehead atoms. The first-order valence-electron chi connectivity index (χ1n) is 7.71. The third kappa shape index (κ3) is 1.89. The van der Waals surface area contributed by atoms with E-state index in [1.54, 1.807) is 5.56 Å². The number of likely N-dealkylation sites (tertiary alicyclic amines) is 1. The topological polar surface area (TPSA) is 3.24 Å².